The number of guanidine groups is 1. The molecule has 1 aromatic heterocycles. The van der Waals surface area contributed by atoms with Crippen molar-refractivity contribution in [3.05, 3.63) is 41.5 Å². The Labute approximate surface area is 191 Å². The molecule has 162 valence electrons. The highest BCUT2D eigenvalue weighted by Gasteiger charge is 2.15. The summed E-state index contributed by atoms with van der Waals surface area (Å²) < 4.78 is 8.20. The standard InChI is InChI=1S/C21H34N6O.HI/c1-7-19-26-25-15-27(19)12-11-23-20(22-8-2)24-14-17-10-9-16(3)13-18(17)28-21(4,5)6;/h9-10,13,15H,7-8,11-12,14H2,1-6H3,(H2,22,23,24);1H. The van der Waals surface area contributed by atoms with Gasteiger partial charge in [-0.15, -0.1) is 34.2 Å². The van der Waals surface area contributed by atoms with Crippen molar-refractivity contribution in [3.8, 4) is 5.75 Å². The van der Waals surface area contributed by atoms with E-state index in [9.17, 15) is 0 Å². The van der Waals surface area contributed by atoms with Crippen molar-refractivity contribution in [2.75, 3.05) is 13.1 Å². The molecule has 0 amide bonds. The van der Waals surface area contributed by atoms with Crippen LogP contribution in [-0.2, 0) is 19.5 Å². The lowest BCUT2D eigenvalue weighted by molar-refractivity contribution is 0.129. The summed E-state index contributed by atoms with van der Waals surface area (Å²) in [7, 11) is 0. The number of benzene rings is 1. The van der Waals surface area contributed by atoms with Gasteiger partial charge in [0.2, 0.25) is 0 Å². The predicted molar refractivity (Wildman–Crippen MR) is 129 cm³/mol. The van der Waals surface area contributed by atoms with E-state index in [0.29, 0.717) is 6.54 Å². The Balaban J connectivity index is 0.00000420. The van der Waals surface area contributed by atoms with Gasteiger partial charge in [-0.25, -0.2) is 4.99 Å². The zero-order valence-electron chi connectivity index (χ0n) is 18.5. The van der Waals surface area contributed by atoms with Crippen LogP contribution in [0.3, 0.4) is 0 Å². The molecule has 2 rings (SSSR count). The van der Waals surface area contributed by atoms with Gasteiger partial charge in [-0.1, -0.05) is 19.1 Å². The molecule has 0 saturated heterocycles. The van der Waals surface area contributed by atoms with Crippen molar-refractivity contribution in [1.82, 2.24) is 25.4 Å². The second-order valence-electron chi connectivity index (χ2n) is 7.74. The number of aromatic nitrogens is 3. The molecule has 2 aromatic rings. The fourth-order valence-corrected chi connectivity index (χ4v) is 2.76. The van der Waals surface area contributed by atoms with Gasteiger partial charge >= 0.3 is 0 Å². The maximum Gasteiger partial charge on any atom is 0.191 e. The van der Waals surface area contributed by atoms with Crippen molar-refractivity contribution < 1.29 is 4.74 Å². The third kappa shape index (κ3) is 8.59. The lowest BCUT2D eigenvalue weighted by Crippen LogP contribution is -2.39. The highest BCUT2D eigenvalue weighted by Crippen LogP contribution is 2.25. The lowest BCUT2D eigenvalue weighted by Gasteiger charge is -2.23. The predicted octanol–water partition coefficient (Wildman–Crippen LogP) is 3.70. The number of ether oxygens (including phenoxy) is 1. The van der Waals surface area contributed by atoms with E-state index in [0.717, 1.165) is 49.2 Å². The first-order valence-electron chi connectivity index (χ1n) is 9.99. The molecule has 0 bridgehead atoms. The third-order valence-electron chi connectivity index (χ3n) is 4.05. The molecule has 0 atom stereocenters. The van der Waals surface area contributed by atoms with Gasteiger partial charge in [0, 0.05) is 31.6 Å². The van der Waals surface area contributed by atoms with Crippen LogP contribution in [0.5, 0.6) is 5.75 Å². The number of nitrogens with one attached hydrogen (secondary N) is 2. The van der Waals surface area contributed by atoms with Crippen molar-refractivity contribution in [2.24, 2.45) is 4.99 Å². The van der Waals surface area contributed by atoms with Gasteiger partial charge in [-0.05, 0) is 46.2 Å². The van der Waals surface area contributed by atoms with Gasteiger partial charge in [0.15, 0.2) is 5.96 Å². The summed E-state index contributed by atoms with van der Waals surface area (Å²) >= 11 is 0. The van der Waals surface area contributed by atoms with Crippen LogP contribution in [-0.4, -0.2) is 39.4 Å². The molecule has 0 fully saturated rings. The Hall–Kier alpha value is -1.84. The van der Waals surface area contributed by atoms with E-state index in [1.165, 1.54) is 5.56 Å². The van der Waals surface area contributed by atoms with Crippen molar-refractivity contribution in [1.29, 1.82) is 0 Å². The van der Waals surface area contributed by atoms with Gasteiger partial charge in [-0.3, -0.25) is 0 Å². The van der Waals surface area contributed by atoms with Crippen LogP contribution < -0.4 is 15.4 Å². The van der Waals surface area contributed by atoms with Crippen molar-refractivity contribution in [2.45, 2.75) is 66.7 Å². The maximum atomic E-state index is 6.13. The highest BCUT2D eigenvalue weighted by atomic mass is 127. The first-order chi connectivity index (χ1) is 13.3. The number of rotatable bonds is 8. The largest absolute Gasteiger partial charge is 0.488 e. The molecule has 0 aliphatic carbocycles. The van der Waals surface area contributed by atoms with Crippen LogP contribution in [0.15, 0.2) is 29.5 Å². The fraction of sp³-hybridized carbons (Fsp3) is 0.571. The second-order valence-corrected chi connectivity index (χ2v) is 7.74. The number of hydrogen-bond donors (Lipinski definition) is 2. The van der Waals surface area contributed by atoms with Gasteiger partial charge in [0.25, 0.3) is 0 Å². The number of hydrogen-bond acceptors (Lipinski definition) is 4. The molecular weight excluding hydrogens is 479 g/mol. The first-order valence-corrected chi connectivity index (χ1v) is 9.99. The van der Waals surface area contributed by atoms with Crippen molar-refractivity contribution in [3.63, 3.8) is 0 Å². The molecule has 7 nitrogen and oxygen atoms in total. The zero-order valence-corrected chi connectivity index (χ0v) is 20.8. The van der Waals surface area contributed by atoms with Crippen LogP contribution in [0.4, 0.5) is 0 Å². The normalized spacial score (nSPS) is 11.7. The van der Waals surface area contributed by atoms with Crippen LogP contribution >= 0.6 is 24.0 Å². The minimum atomic E-state index is -0.245. The monoisotopic (exact) mass is 514 g/mol. The zero-order chi connectivity index (χ0) is 20.6. The van der Waals surface area contributed by atoms with Gasteiger partial charge in [0.05, 0.1) is 6.54 Å². The molecule has 0 saturated carbocycles. The molecule has 0 spiro atoms. The van der Waals surface area contributed by atoms with Gasteiger partial charge in [0.1, 0.15) is 23.5 Å². The summed E-state index contributed by atoms with van der Waals surface area (Å²) in [6, 6.07) is 6.27. The maximum absolute atomic E-state index is 6.13. The Morgan fingerprint density at radius 3 is 2.62 bits per heavy atom. The SMILES string of the molecule is CCNC(=NCc1ccc(C)cc1OC(C)(C)C)NCCn1cnnc1CC.I. The Morgan fingerprint density at radius 2 is 1.97 bits per heavy atom. The summed E-state index contributed by atoms with van der Waals surface area (Å²) in [5, 5.41) is 14.8. The summed E-state index contributed by atoms with van der Waals surface area (Å²) in [6.45, 7) is 15.3. The second kappa shape index (κ2) is 12.0. The number of halogens is 1. The first kappa shape index (κ1) is 25.2. The number of aliphatic imine (C=N–C) groups is 1. The molecule has 0 unspecified atom stereocenters. The van der Waals surface area contributed by atoms with E-state index in [2.05, 4.69) is 85.1 Å². The molecule has 0 aliphatic rings. The minimum absolute atomic E-state index is 0. The topological polar surface area (TPSA) is 76.4 Å². The van der Waals surface area contributed by atoms with Crippen LogP contribution in [0.2, 0.25) is 0 Å². The fourth-order valence-electron chi connectivity index (χ4n) is 2.76. The quantitative estimate of drug-likeness (QED) is 0.319. The van der Waals surface area contributed by atoms with Crippen molar-refractivity contribution >= 4 is 29.9 Å². The molecule has 0 radical (unpaired) electrons. The summed E-state index contributed by atoms with van der Waals surface area (Å²) in [4.78, 5) is 4.74. The molecule has 2 N–H and O–H groups in total. The molecule has 1 aromatic carbocycles. The highest BCUT2D eigenvalue weighted by molar-refractivity contribution is 14.0. The minimum Gasteiger partial charge on any atom is -0.488 e. The van der Waals surface area contributed by atoms with E-state index >= 15 is 0 Å². The summed E-state index contributed by atoms with van der Waals surface area (Å²) in [6.07, 6.45) is 2.64. The van der Waals surface area contributed by atoms with Crippen LogP contribution in [0, 0.1) is 6.92 Å². The van der Waals surface area contributed by atoms with Gasteiger partial charge < -0.3 is 19.9 Å². The molecule has 29 heavy (non-hydrogen) atoms. The molecular formula is C21H35IN6O. The summed E-state index contributed by atoms with van der Waals surface area (Å²) in [5.41, 5.74) is 2.01. The van der Waals surface area contributed by atoms with Crippen LogP contribution in [0.1, 0.15) is 51.6 Å². The molecule has 8 heteroatoms. The number of nitrogens with zero attached hydrogens (tertiary/aromatic N) is 4. The third-order valence-corrected chi connectivity index (χ3v) is 4.05. The van der Waals surface area contributed by atoms with Crippen LogP contribution in [0.25, 0.3) is 0 Å². The Morgan fingerprint density at radius 1 is 1.21 bits per heavy atom. The van der Waals surface area contributed by atoms with E-state index < -0.39 is 0 Å². The molecule has 1 heterocycles. The van der Waals surface area contributed by atoms with E-state index in [4.69, 9.17) is 9.73 Å². The average molecular weight is 514 g/mol. The average Bonchev–Trinajstić information content (AvgIpc) is 3.07. The smallest absolute Gasteiger partial charge is 0.191 e. The van der Waals surface area contributed by atoms with Gasteiger partial charge in [-0.2, -0.15) is 0 Å². The summed E-state index contributed by atoms with van der Waals surface area (Å²) in [5.74, 6) is 2.67. The number of aryl methyl sites for hydroxylation is 2. The van der Waals surface area contributed by atoms with E-state index in [-0.39, 0.29) is 29.6 Å². The lowest BCUT2D eigenvalue weighted by atomic mass is 10.1. The van der Waals surface area contributed by atoms with E-state index in [1.807, 2.05) is 0 Å². The Kier molecular flexibility index (Phi) is 10.4. The Bertz CT molecular complexity index is 782. The van der Waals surface area contributed by atoms with E-state index in [1.54, 1.807) is 6.33 Å². The molecule has 0 aliphatic heterocycles.